The number of nitrogens with zero attached hydrogens (tertiary/aromatic N) is 1. The molecule has 0 N–H and O–H groups in total. The molecule has 1 rings (SSSR count). The third-order valence-corrected chi connectivity index (χ3v) is 2.42. The highest BCUT2D eigenvalue weighted by atomic mass is 32.1. The lowest BCUT2D eigenvalue weighted by Crippen LogP contribution is -2.44. The molecule has 11 heavy (non-hydrogen) atoms. The van der Waals surface area contributed by atoms with E-state index in [-0.39, 0.29) is 0 Å². The monoisotopic (exact) mass is 175 g/mol. The van der Waals surface area contributed by atoms with Crippen molar-refractivity contribution in [2.45, 2.75) is 19.4 Å². The van der Waals surface area contributed by atoms with Crippen LogP contribution in [-0.4, -0.2) is 43.0 Å². The van der Waals surface area contributed by atoms with E-state index < -0.39 is 0 Å². The maximum Gasteiger partial charge on any atom is 0.0619 e. The van der Waals surface area contributed by atoms with Crippen LogP contribution in [0.4, 0.5) is 0 Å². The van der Waals surface area contributed by atoms with Gasteiger partial charge < -0.3 is 4.74 Å². The Balaban J connectivity index is 2.18. The van der Waals surface area contributed by atoms with Gasteiger partial charge in [-0.25, -0.2) is 0 Å². The van der Waals surface area contributed by atoms with Crippen molar-refractivity contribution in [1.29, 1.82) is 0 Å². The van der Waals surface area contributed by atoms with E-state index in [2.05, 4.69) is 24.5 Å². The number of hydrogen-bond acceptors (Lipinski definition) is 3. The van der Waals surface area contributed by atoms with E-state index in [1.807, 2.05) is 0 Å². The van der Waals surface area contributed by atoms with Gasteiger partial charge in [0.05, 0.1) is 13.2 Å². The van der Waals surface area contributed by atoms with Crippen molar-refractivity contribution in [2.75, 3.05) is 32.1 Å². The van der Waals surface area contributed by atoms with E-state index in [4.69, 9.17) is 4.74 Å². The minimum Gasteiger partial charge on any atom is -0.379 e. The first kappa shape index (κ1) is 9.36. The van der Waals surface area contributed by atoms with Crippen molar-refractivity contribution < 1.29 is 4.74 Å². The molecule has 2 nitrogen and oxygen atoms in total. The first-order valence-electron chi connectivity index (χ1n) is 4.27. The standard InChI is InChI=1S/C8H17NOS/c1-8-7-10-5-4-9(8)3-2-6-11/h8,11H,2-7H2,1H3. The predicted octanol–water partition coefficient (Wildman–Crippen LogP) is 1.03. The van der Waals surface area contributed by atoms with Gasteiger partial charge in [-0.15, -0.1) is 0 Å². The van der Waals surface area contributed by atoms with Gasteiger partial charge in [-0.2, -0.15) is 12.6 Å². The summed E-state index contributed by atoms with van der Waals surface area (Å²) in [6.07, 6.45) is 1.19. The number of rotatable bonds is 3. The van der Waals surface area contributed by atoms with Crippen LogP contribution in [0.1, 0.15) is 13.3 Å². The van der Waals surface area contributed by atoms with Crippen LogP contribution in [0.3, 0.4) is 0 Å². The Kier molecular flexibility index (Phi) is 4.26. The third kappa shape index (κ3) is 3.01. The first-order chi connectivity index (χ1) is 5.34. The molecule has 1 saturated heterocycles. The van der Waals surface area contributed by atoms with Crippen LogP contribution in [0.5, 0.6) is 0 Å². The van der Waals surface area contributed by atoms with Crippen LogP contribution in [0, 0.1) is 0 Å². The molecule has 0 amide bonds. The van der Waals surface area contributed by atoms with Gasteiger partial charge in [-0.3, -0.25) is 4.90 Å². The Bertz CT molecular complexity index is 110. The summed E-state index contributed by atoms with van der Waals surface area (Å²) in [6, 6.07) is 0.601. The van der Waals surface area contributed by atoms with Gasteiger partial charge in [0.2, 0.25) is 0 Å². The first-order valence-corrected chi connectivity index (χ1v) is 4.90. The molecule has 66 valence electrons. The van der Waals surface area contributed by atoms with Crippen molar-refractivity contribution in [3.8, 4) is 0 Å². The van der Waals surface area contributed by atoms with E-state index in [1.165, 1.54) is 13.0 Å². The average Bonchev–Trinajstić information content (AvgIpc) is 2.03. The summed E-state index contributed by atoms with van der Waals surface area (Å²) >= 11 is 4.19. The van der Waals surface area contributed by atoms with Gasteiger partial charge in [0.1, 0.15) is 0 Å². The minimum absolute atomic E-state index is 0.601. The molecule has 0 aromatic rings. The van der Waals surface area contributed by atoms with Crippen LogP contribution < -0.4 is 0 Å². The SMILES string of the molecule is CC1COCCN1CCCS. The molecule has 0 spiro atoms. The molecule has 0 bridgehead atoms. The maximum atomic E-state index is 5.33. The summed E-state index contributed by atoms with van der Waals surface area (Å²) < 4.78 is 5.33. The highest BCUT2D eigenvalue weighted by Crippen LogP contribution is 2.06. The van der Waals surface area contributed by atoms with Crippen molar-refractivity contribution in [1.82, 2.24) is 4.90 Å². The lowest BCUT2D eigenvalue weighted by atomic mass is 10.2. The normalized spacial score (nSPS) is 27.3. The van der Waals surface area contributed by atoms with E-state index in [9.17, 15) is 0 Å². The van der Waals surface area contributed by atoms with Crippen molar-refractivity contribution in [2.24, 2.45) is 0 Å². The summed E-state index contributed by atoms with van der Waals surface area (Å²) in [5.41, 5.74) is 0. The van der Waals surface area contributed by atoms with Crippen LogP contribution >= 0.6 is 12.6 Å². The molecule has 0 aromatic carbocycles. The van der Waals surface area contributed by atoms with Crippen molar-refractivity contribution in [3.63, 3.8) is 0 Å². The molecule has 1 heterocycles. The van der Waals surface area contributed by atoms with Crippen molar-refractivity contribution in [3.05, 3.63) is 0 Å². The molecule has 1 fully saturated rings. The second-order valence-corrected chi connectivity index (χ2v) is 3.48. The highest BCUT2D eigenvalue weighted by molar-refractivity contribution is 7.80. The van der Waals surface area contributed by atoms with E-state index in [0.717, 1.165) is 25.5 Å². The second kappa shape index (κ2) is 5.01. The predicted molar refractivity (Wildman–Crippen MR) is 50.3 cm³/mol. The Morgan fingerprint density at radius 2 is 2.45 bits per heavy atom. The van der Waals surface area contributed by atoms with Gasteiger partial charge in [-0.1, -0.05) is 0 Å². The van der Waals surface area contributed by atoms with Gasteiger partial charge in [0.25, 0.3) is 0 Å². The molecule has 0 radical (unpaired) electrons. The van der Waals surface area contributed by atoms with E-state index >= 15 is 0 Å². The molecule has 3 heteroatoms. The maximum absolute atomic E-state index is 5.33. The lowest BCUT2D eigenvalue weighted by molar-refractivity contribution is 0.0000492. The van der Waals surface area contributed by atoms with Gasteiger partial charge in [-0.05, 0) is 25.6 Å². The fourth-order valence-corrected chi connectivity index (χ4v) is 1.51. The van der Waals surface area contributed by atoms with Gasteiger partial charge in [0, 0.05) is 12.6 Å². The van der Waals surface area contributed by atoms with Crippen LogP contribution in [0.2, 0.25) is 0 Å². The van der Waals surface area contributed by atoms with Crippen LogP contribution in [-0.2, 0) is 4.74 Å². The molecular weight excluding hydrogens is 158 g/mol. The third-order valence-electron chi connectivity index (χ3n) is 2.11. The second-order valence-electron chi connectivity index (χ2n) is 3.04. The quantitative estimate of drug-likeness (QED) is 0.643. The van der Waals surface area contributed by atoms with E-state index in [0.29, 0.717) is 6.04 Å². The minimum atomic E-state index is 0.601. The molecular formula is C8H17NOS. The average molecular weight is 175 g/mol. The number of thiol groups is 1. The Labute approximate surface area is 74.3 Å². The van der Waals surface area contributed by atoms with Crippen molar-refractivity contribution >= 4 is 12.6 Å². The largest absolute Gasteiger partial charge is 0.379 e. The molecule has 1 atom stereocenters. The highest BCUT2D eigenvalue weighted by Gasteiger charge is 2.17. The zero-order valence-electron chi connectivity index (χ0n) is 7.12. The Morgan fingerprint density at radius 1 is 1.64 bits per heavy atom. The Morgan fingerprint density at radius 3 is 3.09 bits per heavy atom. The molecule has 0 aliphatic carbocycles. The lowest BCUT2D eigenvalue weighted by Gasteiger charge is -2.32. The molecule has 0 aromatic heterocycles. The number of morpholine rings is 1. The van der Waals surface area contributed by atoms with Gasteiger partial charge >= 0.3 is 0 Å². The summed E-state index contributed by atoms with van der Waals surface area (Å²) in [5.74, 6) is 0.990. The Hall–Kier alpha value is 0.270. The zero-order valence-corrected chi connectivity index (χ0v) is 8.02. The summed E-state index contributed by atoms with van der Waals surface area (Å²) in [6.45, 7) is 6.28. The number of hydrogen-bond donors (Lipinski definition) is 1. The fraction of sp³-hybridized carbons (Fsp3) is 1.00. The van der Waals surface area contributed by atoms with Crippen LogP contribution in [0.15, 0.2) is 0 Å². The molecule has 1 aliphatic rings. The fourth-order valence-electron chi connectivity index (χ4n) is 1.37. The van der Waals surface area contributed by atoms with E-state index in [1.54, 1.807) is 0 Å². The summed E-state index contributed by atoms with van der Waals surface area (Å²) in [7, 11) is 0. The molecule has 1 aliphatic heterocycles. The number of ether oxygens (including phenoxy) is 1. The summed E-state index contributed by atoms with van der Waals surface area (Å²) in [4.78, 5) is 2.47. The van der Waals surface area contributed by atoms with Crippen LogP contribution in [0.25, 0.3) is 0 Å². The molecule has 0 saturated carbocycles. The van der Waals surface area contributed by atoms with Gasteiger partial charge in [0.15, 0.2) is 0 Å². The molecule has 1 unspecified atom stereocenters. The topological polar surface area (TPSA) is 12.5 Å². The zero-order chi connectivity index (χ0) is 8.10. The smallest absolute Gasteiger partial charge is 0.0619 e. The summed E-state index contributed by atoms with van der Waals surface area (Å²) in [5, 5.41) is 0.